The summed E-state index contributed by atoms with van der Waals surface area (Å²) in [6.07, 6.45) is 2.13. The summed E-state index contributed by atoms with van der Waals surface area (Å²) in [5.74, 6) is 0.375. The van der Waals surface area contributed by atoms with E-state index < -0.39 is 0 Å². The summed E-state index contributed by atoms with van der Waals surface area (Å²) in [6.45, 7) is 4.00. The highest BCUT2D eigenvalue weighted by atomic mass is 16.3. The zero-order valence-electron chi connectivity index (χ0n) is 5.63. The molecule has 50 valence electrons. The molecule has 1 heterocycles. The molecule has 1 aromatic heterocycles. The van der Waals surface area contributed by atoms with E-state index in [1.165, 1.54) is 6.26 Å². The molecule has 0 fully saturated rings. The van der Waals surface area contributed by atoms with Gasteiger partial charge in [-0.1, -0.05) is 13.8 Å². The highest BCUT2D eigenvalue weighted by molar-refractivity contribution is 5.69. The molecule has 2 heteroatoms. The van der Waals surface area contributed by atoms with Crippen LogP contribution in [0.1, 0.15) is 24.4 Å². The largest absolute Gasteiger partial charge is 0.462 e. The van der Waals surface area contributed by atoms with Crippen LogP contribution in [0, 0.1) is 0 Å². The Morgan fingerprint density at radius 1 is 1.56 bits per heavy atom. The van der Waals surface area contributed by atoms with Crippen molar-refractivity contribution in [2.24, 2.45) is 0 Å². The molecule has 0 aromatic carbocycles. The minimum atomic E-state index is 0.375. The van der Waals surface area contributed by atoms with Gasteiger partial charge in [0.05, 0.1) is 6.26 Å². The number of carbonyl (C=O) groups is 1. The van der Waals surface area contributed by atoms with Gasteiger partial charge < -0.3 is 4.42 Å². The fourth-order valence-electron chi connectivity index (χ4n) is 0.358. The van der Waals surface area contributed by atoms with Gasteiger partial charge in [-0.2, -0.15) is 0 Å². The molecule has 0 N–H and O–H groups in total. The lowest BCUT2D eigenvalue weighted by molar-refractivity contribution is 0.110. The van der Waals surface area contributed by atoms with Crippen molar-refractivity contribution < 1.29 is 9.21 Å². The number of carbonyl (C=O) groups excluding carboxylic acids is 1. The standard InChI is InChI=1S/C5H4O2.C2H6/c6-4-5-2-1-3-7-5;1-2/h1-4H;1-2H3. The molecule has 0 aliphatic rings. The Kier molecular flexibility index (Phi) is 4.50. The summed E-state index contributed by atoms with van der Waals surface area (Å²) in [4.78, 5) is 9.77. The summed E-state index contributed by atoms with van der Waals surface area (Å²) in [5.41, 5.74) is 0. The lowest BCUT2D eigenvalue weighted by Gasteiger charge is -1.68. The fraction of sp³-hybridized carbons (Fsp3) is 0.286. The lowest BCUT2D eigenvalue weighted by atomic mass is 10.5. The number of furan rings is 1. The molecule has 0 aliphatic heterocycles. The van der Waals surface area contributed by atoms with Crippen molar-refractivity contribution >= 4 is 6.29 Å². The maximum Gasteiger partial charge on any atom is 0.185 e. The highest BCUT2D eigenvalue weighted by Gasteiger charge is 1.84. The zero-order valence-corrected chi connectivity index (χ0v) is 5.63. The number of rotatable bonds is 1. The van der Waals surface area contributed by atoms with E-state index in [4.69, 9.17) is 0 Å². The van der Waals surface area contributed by atoms with Crippen LogP contribution in [-0.2, 0) is 0 Å². The average Bonchev–Trinajstić information content (AvgIpc) is 2.43. The normalized spacial score (nSPS) is 7.33. The van der Waals surface area contributed by atoms with E-state index >= 15 is 0 Å². The summed E-state index contributed by atoms with van der Waals surface area (Å²) >= 11 is 0. The van der Waals surface area contributed by atoms with Gasteiger partial charge in [0.25, 0.3) is 0 Å². The van der Waals surface area contributed by atoms with Crippen molar-refractivity contribution in [3.05, 3.63) is 24.2 Å². The maximum atomic E-state index is 9.77. The maximum absolute atomic E-state index is 9.77. The van der Waals surface area contributed by atoms with Crippen molar-refractivity contribution in [3.8, 4) is 0 Å². The molecule has 0 spiro atoms. The van der Waals surface area contributed by atoms with Gasteiger partial charge in [-0.15, -0.1) is 0 Å². The van der Waals surface area contributed by atoms with E-state index in [0.29, 0.717) is 12.0 Å². The van der Waals surface area contributed by atoms with Crippen LogP contribution in [0.15, 0.2) is 22.8 Å². The van der Waals surface area contributed by atoms with Crippen LogP contribution < -0.4 is 0 Å². The Hall–Kier alpha value is -1.05. The number of hydrogen-bond donors (Lipinski definition) is 0. The van der Waals surface area contributed by atoms with E-state index in [-0.39, 0.29) is 0 Å². The van der Waals surface area contributed by atoms with Crippen LogP contribution in [-0.4, -0.2) is 6.29 Å². The van der Waals surface area contributed by atoms with Crippen LogP contribution in [0.4, 0.5) is 0 Å². The lowest BCUT2D eigenvalue weighted by Crippen LogP contribution is -1.65. The highest BCUT2D eigenvalue weighted by Crippen LogP contribution is 1.92. The zero-order chi connectivity index (χ0) is 7.11. The molecule has 0 radical (unpaired) electrons. The third kappa shape index (κ3) is 2.69. The molecule has 0 bridgehead atoms. The number of hydrogen-bond acceptors (Lipinski definition) is 2. The van der Waals surface area contributed by atoms with Crippen molar-refractivity contribution in [2.75, 3.05) is 0 Å². The van der Waals surface area contributed by atoms with Crippen LogP contribution in [0.2, 0.25) is 0 Å². The van der Waals surface area contributed by atoms with Crippen molar-refractivity contribution in [1.82, 2.24) is 0 Å². The first-order chi connectivity index (χ1) is 4.43. The van der Waals surface area contributed by atoms with E-state index in [0.717, 1.165) is 0 Å². The topological polar surface area (TPSA) is 30.2 Å². The summed E-state index contributed by atoms with van der Waals surface area (Å²) in [7, 11) is 0. The average molecular weight is 126 g/mol. The Balaban J connectivity index is 0.000000291. The molecule has 0 aliphatic carbocycles. The van der Waals surface area contributed by atoms with Crippen molar-refractivity contribution in [2.45, 2.75) is 13.8 Å². The predicted molar refractivity (Wildman–Crippen MR) is 35.4 cm³/mol. The van der Waals surface area contributed by atoms with Gasteiger partial charge in [0.15, 0.2) is 12.0 Å². The molecule has 0 unspecified atom stereocenters. The van der Waals surface area contributed by atoms with Crippen molar-refractivity contribution in [1.29, 1.82) is 0 Å². The second-order valence-corrected chi connectivity index (χ2v) is 1.13. The van der Waals surface area contributed by atoms with Crippen LogP contribution in [0.5, 0.6) is 0 Å². The Morgan fingerprint density at radius 2 is 2.22 bits per heavy atom. The first kappa shape index (κ1) is 7.95. The molecule has 0 amide bonds. The molecule has 0 saturated carbocycles. The molecule has 9 heavy (non-hydrogen) atoms. The number of aldehydes is 1. The molecular weight excluding hydrogens is 116 g/mol. The van der Waals surface area contributed by atoms with E-state index in [2.05, 4.69) is 4.42 Å². The van der Waals surface area contributed by atoms with E-state index in [9.17, 15) is 4.79 Å². The Bertz CT molecular complexity index is 142. The molecule has 0 saturated heterocycles. The summed E-state index contributed by atoms with van der Waals surface area (Å²) in [6, 6.07) is 3.27. The Morgan fingerprint density at radius 3 is 2.44 bits per heavy atom. The van der Waals surface area contributed by atoms with Crippen LogP contribution in [0.25, 0.3) is 0 Å². The van der Waals surface area contributed by atoms with Crippen molar-refractivity contribution in [3.63, 3.8) is 0 Å². The van der Waals surface area contributed by atoms with Gasteiger partial charge in [-0.25, -0.2) is 0 Å². The SMILES string of the molecule is CC.O=Cc1ccco1. The quantitative estimate of drug-likeness (QED) is 0.539. The minimum Gasteiger partial charge on any atom is -0.462 e. The van der Waals surface area contributed by atoms with Gasteiger partial charge in [0.1, 0.15) is 0 Å². The second kappa shape index (κ2) is 5.09. The molecule has 1 rings (SSSR count). The van der Waals surface area contributed by atoms with Gasteiger partial charge >= 0.3 is 0 Å². The summed E-state index contributed by atoms with van der Waals surface area (Å²) in [5, 5.41) is 0. The third-order valence-electron chi connectivity index (χ3n) is 0.659. The van der Waals surface area contributed by atoms with Gasteiger partial charge in [0, 0.05) is 0 Å². The fourth-order valence-corrected chi connectivity index (χ4v) is 0.358. The van der Waals surface area contributed by atoms with Crippen LogP contribution >= 0.6 is 0 Å². The van der Waals surface area contributed by atoms with Gasteiger partial charge in [-0.3, -0.25) is 4.79 Å². The van der Waals surface area contributed by atoms with E-state index in [1.54, 1.807) is 12.1 Å². The van der Waals surface area contributed by atoms with Gasteiger partial charge in [-0.05, 0) is 12.1 Å². The predicted octanol–water partition coefficient (Wildman–Crippen LogP) is 2.12. The molecule has 0 atom stereocenters. The van der Waals surface area contributed by atoms with E-state index in [1.807, 2.05) is 13.8 Å². The minimum absolute atomic E-state index is 0.375. The summed E-state index contributed by atoms with van der Waals surface area (Å²) < 4.78 is 4.61. The first-order valence-electron chi connectivity index (χ1n) is 2.92. The molecular formula is C7H10O2. The third-order valence-corrected chi connectivity index (χ3v) is 0.659. The second-order valence-electron chi connectivity index (χ2n) is 1.13. The Labute approximate surface area is 54.5 Å². The monoisotopic (exact) mass is 126 g/mol. The van der Waals surface area contributed by atoms with Crippen LogP contribution in [0.3, 0.4) is 0 Å². The molecule has 1 aromatic rings. The first-order valence-corrected chi connectivity index (χ1v) is 2.92. The van der Waals surface area contributed by atoms with Gasteiger partial charge in [0.2, 0.25) is 0 Å². The molecule has 2 nitrogen and oxygen atoms in total. The smallest absolute Gasteiger partial charge is 0.185 e.